The molecule has 0 radical (unpaired) electrons. The molecule has 13 heavy (non-hydrogen) atoms. The summed E-state index contributed by atoms with van der Waals surface area (Å²) in [5.41, 5.74) is 0. The van der Waals surface area contributed by atoms with Gasteiger partial charge in [0.2, 0.25) is 0 Å². The van der Waals surface area contributed by atoms with Gasteiger partial charge in [-0.05, 0) is 12.8 Å². The lowest BCUT2D eigenvalue weighted by atomic mass is 10.1. The summed E-state index contributed by atoms with van der Waals surface area (Å²) in [4.78, 5) is 2.35. The van der Waals surface area contributed by atoms with Crippen LogP contribution in [-0.2, 0) is 4.74 Å². The SMILES string of the molecule is CC.FC1CCN(C2COC2)CC1. The third kappa shape index (κ3) is 2.92. The maximum absolute atomic E-state index is 12.7. The molecule has 0 aromatic heterocycles. The van der Waals surface area contributed by atoms with Gasteiger partial charge in [0.1, 0.15) is 6.17 Å². The van der Waals surface area contributed by atoms with Gasteiger partial charge >= 0.3 is 0 Å². The fourth-order valence-corrected chi connectivity index (χ4v) is 1.67. The van der Waals surface area contributed by atoms with E-state index in [9.17, 15) is 4.39 Å². The van der Waals surface area contributed by atoms with E-state index in [2.05, 4.69) is 4.90 Å². The van der Waals surface area contributed by atoms with Crippen LogP contribution in [0.3, 0.4) is 0 Å². The Morgan fingerprint density at radius 2 is 1.69 bits per heavy atom. The number of nitrogens with zero attached hydrogens (tertiary/aromatic N) is 1. The first-order chi connectivity index (χ1) is 6.36. The van der Waals surface area contributed by atoms with Crippen molar-refractivity contribution in [1.82, 2.24) is 4.90 Å². The molecule has 0 bridgehead atoms. The van der Waals surface area contributed by atoms with Crippen molar-refractivity contribution in [2.75, 3.05) is 26.3 Å². The average molecular weight is 189 g/mol. The minimum atomic E-state index is -0.549. The van der Waals surface area contributed by atoms with Crippen molar-refractivity contribution in [2.24, 2.45) is 0 Å². The lowest BCUT2D eigenvalue weighted by molar-refractivity contribution is -0.0749. The minimum Gasteiger partial charge on any atom is -0.378 e. The van der Waals surface area contributed by atoms with E-state index in [4.69, 9.17) is 4.74 Å². The topological polar surface area (TPSA) is 12.5 Å². The van der Waals surface area contributed by atoms with Crippen molar-refractivity contribution >= 4 is 0 Å². The Bertz CT molecular complexity index is 131. The molecule has 2 heterocycles. The molecule has 78 valence electrons. The first-order valence-corrected chi connectivity index (χ1v) is 5.32. The van der Waals surface area contributed by atoms with Gasteiger partial charge in [0.25, 0.3) is 0 Å². The van der Waals surface area contributed by atoms with E-state index >= 15 is 0 Å². The highest BCUT2D eigenvalue weighted by Gasteiger charge is 2.29. The largest absolute Gasteiger partial charge is 0.378 e. The predicted molar refractivity (Wildman–Crippen MR) is 51.7 cm³/mol. The zero-order valence-electron chi connectivity index (χ0n) is 8.63. The van der Waals surface area contributed by atoms with Crippen molar-refractivity contribution in [3.8, 4) is 0 Å². The molecule has 0 N–H and O–H groups in total. The molecule has 2 saturated heterocycles. The van der Waals surface area contributed by atoms with Crippen molar-refractivity contribution in [1.29, 1.82) is 0 Å². The van der Waals surface area contributed by atoms with Crippen molar-refractivity contribution in [3.63, 3.8) is 0 Å². The first-order valence-electron chi connectivity index (χ1n) is 5.32. The molecule has 2 nitrogen and oxygen atoms in total. The van der Waals surface area contributed by atoms with Crippen molar-refractivity contribution < 1.29 is 9.13 Å². The summed E-state index contributed by atoms with van der Waals surface area (Å²) in [5.74, 6) is 0. The molecular weight excluding hydrogens is 169 g/mol. The molecule has 0 unspecified atom stereocenters. The zero-order valence-corrected chi connectivity index (χ0v) is 8.63. The maximum Gasteiger partial charge on any atom is 0.103 e. The second kappa shape index (κ2) is 5.55. The zero-order chi connectivity index (χ0) is 9.68. The van der Waals surface area contributed by atoms with Gasteiger partial charge in [-0.25, -0.2) is 4.39 Å². The number of alkyl halides is 1. The summed E-state index contributed by atoms with van der Waals surface area (Å²) in [6.45, 7) is 7.57. The first kappa shape index (κ1) is 10.9. The quantitative estimate of drug-likeness (QED) is 0.624. The Morgan fingerprint density at radius 1 is 1.15 bits per heavy atom. The third-order valence-corrected chi connectivity index (χ3v) is 2.60. The molecule has 2 aliphatic rings. The summed E-state index contributed by atoms with van der Waals surface area (Å²) < 4.78 is 17.8. The normalized spacial score (nSPS) is 26.1. The number of hydrogen-bond acceptors (Lipinski definition) is 2. The summed E-state index contributed by atoms with van der Waals surface area (Å²) in [6.07, 6.45) is 0.889. The van der Waals surface area contributed by atoms with Gasteiger partial charge in [0.05, 0.1) is 19.3 Å². The molecule has 0 amide bonds. The van der Waals surface area contributed by atoms with Crippen molar-refractivity contribution in [3.05, 3.63) is 0 Å². The fraction of sp³-hybridized carbons (Fsp3) is 1.00. The van der Waals surface area contributed by atoms with E-state index in [1.165, 1.54) is 0 Å². The Balaban J connectivity index is 0.000000396. The average Bonchev–Trinajstić information content (AvgIpc) is 2.09. The molecule has 0 aromatic carbocycles. The number of likely N-dealkylation sites (tertiary alicyclic amines) is 1. The predicted octanol–water partition coefficient (Wildman–Crippen LogP) is 1.85. The minimum absolute atomic E-state index is 0.549. The molecule has 2 rings (SSSR count). The molecule has 0 saturated carbocycles. The number of ether oxygens (including phenoxy) is 1. The summed E-state index contributed by atoms with van der Waals surface area (Å²) >= 11 is 0. The molecule has 2 aliphatic heterocycles. The van der Waals surface area contributed by atoms with Crippen LogP contribution in [0.5, 0.6) is 0 Å². The molecule has 2 fully saturated rings. The molecule has 0 spiro atoms. The summed E-state index contributed by atoms with van der Waals surface area (Å²) in [7, 11) is 0. The van der Waals surface area contributed by atoms with Gasteiger partial charge < -0.3 is 4.74 Å². The van der Waals surface area contributed by atoms with Gasteiger partial charge in [-0.15, -0.1) is 0 Å². The van der Waals surface area contributed by atoms with Crippen LogP contribution < -0.4 is 0 Å². The number of hydrogen-bond donors (Lipinski definition) is 0. The second-order valence-electron chi connectivity index (χ2n) is 3.40. The lowest BCUT2D eigenvalue weighted by Crippen LogP contribution is -2.52. The highest BCUT2D eigenvalue weighted by molar-refractivity contribution is 4.81. The molecule has 0 aromatic rings. The molecule has 0 aliphatic carbocycles. The van der Waals surface area contributed by atoms with Crippen LogP contribution in [0, 0.1) is 0 Å². The number of halogens is 1. The van der Waals surface area contributed by atoms with E-state index in [0.29, 0.717) is 6.04 Å². The molecule has 3 heteroatoms. The Labute approximate surface area is 80.1 Å². The molecule has 0 atom stereocenters. The van der Waals surface area contributed by atoms with E-state index in [1.54, 1.807) is 0 Å². The van der Waals surface area contributed by atoms with Crippen LogP contribution in [0.2, 0.25) is 0 Å². The Morgan fingerprint density at radius 3 is 2.08 bits per heavy atom. The van der Waals surface area contributed by atoms with Gasteiger partial charge in [0.15, 0.2) is 0 Å². The van der Waals surface area contributed by atoms with Crippen LogP contribution >= 0.6 is 0 Å². The maximum atomic E-state index is 12.7. The summed E-state index contributed by atoms with van der Waals surface area (Å²) in [5, 5.41) is 0. The van der Waals surface area contributed by atoms with E-state index < -0.39 is 6.17 Å². The Kier molecular flexibility index (Phi) is 4.67. The second-order valence-corrected chi connectivity index (χ2v) is 3.40. The van der Waals surface area contributed by atoms with Gasteiger partial charge in [-0.1, -0.05) is 13.8 Å². The van der Waals surface area contributed by atoms with E-state index in [1.807, 2.05) is 13.8 Å². The summed E-state index contributed by atoms with van der Waals surface area (Å²) in [6, 6.07) is 0.600. The van der Waals surface area contributed by atoms with Crippen molar-refractivity contribution in [2.45, 2.75) is 38.9 Å². The van der Waals surface area contributed by atoms with E-state index in [0.717, 1.165) is 39.1 Å². The lowest BCUT2D eigenvalue weighted by Gasteiger charge is -2.40. The van der Waals surface area contributed by atoms with Crippen LogP contribution in [0.15, 0.2) is 0 Å². The molecular formula is C10H20FNO. The van der Waals surface area contributed by atoms with Crippen LogP contribution in [0.4, 0.5) is 4.39 Å². The Hall–Kier alpha value is -0.150. The van der Waals surface area contributed by atoms with E-state index in [-0.39, 0.29) is 0 Å². The van der Waals surface area contributed by atoms with Crippen LogP contribution in [-0.4, -0.2) is 43.4 Å². The highest BCUT2D eigenvalue weighted by Crippen LogP contribution is 2.18. The number of rotatable bonds is 1. The van der Waals surface area contributed by atoms with Gasteiger partial charge in [0, 0.05) is 13.1 Å². The smallest absolute Gasteiger partial charge is 0.103 e. The third-order valence-electron chi connectivity index (χ3n) is 2.60. The van der Waals surface area contributed by atoms with Gasteiger partial charge in [-0.3, -0.25) is 4.90 Å². The van der Waals surface area contributed by atoms with Crippen LogP contribution in [0.25, 0.3) is 0 Å². The van der Waals surface area contributed by atoms with Gasteiger partial charge in [-0.2, -0.15) is 0 Å². The number of piperidine rings is 1. The van der Waals surface area contributed by atoms with Crippen LogP contribution in [0.1, 0.15) is 26.7 Å². The highest BCUT2D eigenvalue weighted by atomic mass is 19.1. The monoisotopic (exact) mass is 189 g/mol. The standard InChI is InChI=1S/C8H14FNO.C2H6/c9-7-1-3-10(4-2-7)8-5-11-6-8;1-2/h7-8H,1-6H2;1-2H3. The fourth-order valence-electron chi connectivity index (χ4n) is 1.67.